The summed E-state index contributed by atoms with van der Waals surface area (Å²) >= 11 is 0.846. The monoisotopic (exact) mass is 378 g/mol. The van der Waals surface area contributed by atoms with Gasteiger partial charge in [-0.1, -0.05) is 0 Å². The van der Waals surface area contributed by atoms with Crippen molar-refractivity contribution < 1.29 is 22.7 Å². The van der Waals surface area contributed by atoms with Crippen molar-refractivity contribution in [1.82, 2.24) is 9.13 Å². The van der Waals surface area contributed by atoms with Gasteiger partial charge < -0.3 is 4.74 Å². The molecule has 2 heterocycles. The molecule has 0 fully saturated rings. The van der Waals surface area contributed by atoms with Crippen LogP contribution in [0.3, 0.4) is 0 Å². The lowest BCUT2D eigenvalue weighted by atomic mass is 10.2. The van der Waals surface area contributed by atoms with Gasteiger partial charge in [-0.15, -0.1) is 11.3 Å². The quantitative estimate of drug-likeness (QED) is 0.724. The lowest BCUT2D eigenvalue weighted by molar-refractivity contribution is -0.136. The second-order valence-corrected chi connectivity index (χ2v) is 6.68. The Morgan fingerprint density at radius 2 is 1.92 bits per heavy atom. The number of ether oxygens (including phenoxy) is 1. The third-order valence-corrected chi connectivity index (χ3v) is 5.14. The largest absolute Gasteiger partial charge is 0.390 e. The second kappa shape index (κ2) is 7.12. The molecule has 1 unspecified atom stereocenters. The van der Waals surface area contributed by atoms with Gasteiger partial charge in [0.2, 0.25) is 0 Å². The molecule has 0 saturated carbocycles. The molecule has 0 radical (unpaired) electrons. The fourth-order valence-electron chi connectivity index (χ4n) is 2.45. The van der Waals surface area contributed by atoms with Crippen LogP contribution in [0.4, 0.5) is 13.2 Å². The average Bonchev–Trinajstić information content (AvgIpc) is 2.86. The Labute approximate surface area is 144 Å². The summed E-state index contributed by atoms with van der Waals surface area (Å²) in [6.07, 6.45) is -5.62. The van der Waals surface area contributed by atoms with Gasteiger partial charge in [0, 0.05) is 13.7 Å². The molecule has 25 heavy (non-hydrogen) atoms. The molecule has 0 amide bonds. The summed E-state index contributed by atoms with van der Waals surface area (Å²) in [7, 11) is 1.40. The second-order valence-electron chi connectivity index (χ2n) is 5.65. The van der Waals surface area contributed by atoms with Crippen LogP contribution in [0.1, 0.15) is 28.6 Å². The predicted molar refractivity (Wildman–Crippen MR) is 87.6 cm³/mol. The van der Waals surface area contributed by atoms with E-state index in [0.29, 0.717) is 11.8 Å². The Bertz CT molecular complexity index is 911. The first kappa shape index (κ1) is 19.4. The zero-order valence-corrected chi connectivity index (χ0v) is 14.7. The van der Waals surface area contributed by atoms with E-state index in [1.54, 1.807) is 6.92 Å². The number of thiophene rings is 1. The zero-order valence-electron chi connectivity index (χ0n) is 13.8. The number of aryl methyl sites for hydroxylation is 2. The maximum absolute atomic E-state index is 12.7. The molecule has 6 nitrogen and oxygen atoms in total. The molecule has 0 aliphatic heterocycles. The number of fused-ring (bicyclic) bond motifs is 1. The van der Waals surface area contributed by atoms with Crippen LogP contribution in [0.2, 0.25) is 0 Å². The summed E-state index contributed by atoms with van der Waals surface area (Å²) in [6.45, 7) is 2.45. The van der Waals surface area contributed by atoms with Gasteiger partial charge in [0.15, 0.2) is 6.29 Å². The minimum absolute atomic E-state index is 0.0835. The van der Waals surface area contributed by atoms with Gasteiger partial charge in [0.05, 0.1) is 29.3 Å². The molecule has 0 bridgehead atoms. The van der Waals surface area contributed by atoms with E-state index in [4.69, 9.17) is 4.74 Å². The van der Waals surface area contributed by atoms with E-state index < -0.39 is 36.5 Å². The van der Waals surface area contributed by atoms with Crippen molar-refractivity contribution in [3.8, 4) is 0 Å². The number of methoxy groups -OCH3 is 1. The Kier molecular flexibility index (Phi) is 5.52. The van der Waals surface area contributed by atoms with Crippen LogP contribution in [0.25, 0.3) is 10.2 Å². The average molecular weight is 378 g/mol. The van der Waals surface area contributed by atoms with E-state index in [0.717, 1.165) is 20.5 Å². The Morgan fingerprint density at radius 3 is 2.44 bits per heavy atom. The van der Waals surface area contributed by atoms with Crippen molar-refractivity contribution in [2.75, 3.05) is 7.11 Å². The van der Waals surface area contributed by atoms with Crippen molar-refractivity contribution in [1.29, 1.82) is 0 Å². The highest BCUT2D eigenvalue weighted by Crippen LogP contribution is 2.28. The molecule has 2 aromatic heterocycles. The minimum Gasteiger partial charge on any atom is -0.380 e. The van der Waals surface area contributed by atoms with E-state index in [2.05, 4.69) is 0 Å². The standard InChI is InChI=1S/C15H17F3N2O4S/c1-8(24-3)6-20-12(22)11-9(2)10(7-21)25-13(11)19(14(20)23)5-4-15(16,17)18/h7-8H,4-6H2,1-3H3. The maximum Gasteiger partial charge on any atom is 0.390 e. The predicted octanol–water partition coefficient (Wildman–Crippen LogP) is 2.33. The SMILES string of the molecule is COC(C)Cn1c(=O)c2c(C)c(C=O)sc2n(CCC(F)(F)F)c1=O. The molecule has 0 aliphatic carbocycles. The molecular weight excluding hydrogens is 361 g/mol. The molecule has 10 heteroatoms. The van der Waals surface area contributed by atoms with Gasteiger partial charge >= 0.3 is 11.9 Å². The number of hydrogen-bond donors (Lipinski definition) is 0. The fraction of sp³-hybridized carbons (Fsp3) is 0.533. The van der Waals surface area contributed by atoms with Crippen molar-refractivity contribution in [3.63, 3.8) is 0 Å². The topological polar surface area (TPSA) is 70.3 Å². The lowest BCUT2D eigenvalue weighted by Crippen LogP contribution is -2.42. The van der Waals surface area contributed by atoms with Crippen LogP contribution in [-0.2, 0) is 17.8 Å². The first-order valence-electron chi connectivity index (χ1n) is 7.42. The number of aldehydes is 1. The van der Waals surface area contributed by atoms with Gasteiger partial charge in [-0.05, 0) is 19.4 Å². The molecule has 0 saturated heterocycles. The third-order valence-electron chi connectivity index (χ3n) is 3.90. The number of aromatic nitrogens is 2. The van der Waals surface area contributed by atoms with Gasteiger partial charge in [-0.2, -0.15) is 13.2 Å². The summed E-state index contributed by atoms with van der Waals surface area (Å²) in [5.74, 6) is 0. The Morgan fingerprint density at radius 1 is 1.28 bits per heavy atom. The van der Waals surface area contributed by atoms with Crippen LogP contribution < -0.4 is 11.2 Å². The normalized spacial score (nSPS) is 13.4. The molecule has 1 atom stereocenters. The Hall–Kier alpha value is -1.94. The highest BCUT2D eigenvalue weighted by molar-refractivity contribution is 7.20. The molecule has 138 valence electrons. The first-order chi connectivity index (χ1) is 11.6. The number of halogens is 3. The van der Waals surface area contributed by atoms with E-state index >= 15 is 0 Å². The number of carbonyl (C=O) groups is 1. The molecule has 0 spiro atoms. The smallest absolute Gasteiger partial charge is 0.380 e. The summed E-state index contributed by atoms with van der Waals surface area (Å²) < 4.78 is 44.7. The summed E-state index contributed by atoms with van der Waals surface area (Å²) in [5.41, 5.74) is -1.11. The highest BCUT2D eigenvalue weighted by Gasteiger charge is 2.28. The number of carbonyl (C=O) groups excluding carboxylic acids is 1. The fourth-order valence-corrected chi connectivity index (χ4v) is 3.59. The van der Waals surface area contributed by atoms with Crippen molar-refractivity contribution in [2.45, 2.75) is 45.6 Å². The lowest BCUT2D eigenvalue weighted by Gasteiger charge is -2.15. The van der Waals surface area contributed by atoms with E-state index in [1.807, 2.05) is 0 Å². The van der Waals surface area contributed by atoms with E-state index in [-0.39, 0.29) is 21.6 Å². The van der Waals surface area contributed by atoms with E-state index in [9.17, 15) is 27.6 Å². The summed E-state index contributed by atoms with van der Waals surface area (Å²) in [5, 5.41) is 0.0946. The molecule has 0 aromatic carbocycles. The van der Waals surface area contributed by atoms with Gasteiger partial charge in [-0.3, -0.25) is 18.7 Å². The van der Waals surface area contributed by atoms with Crippen LogP contribution in [0, 0.1) is 6.92 Å². The van der Waals surface area contributed by atoms with Crippen molar-refractivity contribution in [3.05, 3.63) is 31.3 Å². The molecule has 0 aliphatic rings. The number of alkyl halides is 3. The highest BCUT2D eigenvalue weighted by atomic mass is 32.1. The first-order valence-corrected chi connectivity index (χ1v) is 8.23. The third kappa shape index (κ3) is 3.84. The van der Waals surface area contributed by atoms with Crippen LogP contribution in [0.15, 0.2) is 9.59 Å². The Balaban J connectivity index is 2.77. The molecular formula is C15H17F3N2O4S. The number of rotatable bonds is 6. The van der Waals surface area contributed by atoms with Crippen molar-refractivity contribution >= 4 is 27.8 Å². The van der Waals surface area contributed by atoms with Crippen LogP contribution >= 0.6 is 11.3 Å². The van der Waals surface area contributed by atoms with Crippen LogP contribution in [0.5, 0.6) is 0 Å². The number of nitrogens with zero attached hydrogens (tertiary/aromatic N) is 2. The van der Waals surface area contributed by atoms with Crippen molar-refractivity contribution in [2.24, 2.45) is 0 Å². The summed E-state index contributed by atoms with van der Waals surface area (Å²) in [6, 6.07) is 0. The minimum atomic E-state index is -4.45. The zero-order chi connectivity index (χ0) is 18.9. The number of hydrogen-bond acceptors (Lipinski definition) is 5. The van der Waals surface area contributed by atoms with Gasteiger partial charge in [-0.25, -0.2) is 4.79 Å². The van der Waals surface area contributed by atoms with E-state index in [1.165, 1.54) is 14.0 Å². The molecule has 2 aromatic rings. The summed E-state index contributed by atoms with van der Waals surface area (Å²) in [4.78, 5) is 36.7. The molecule has 0 N–H and O–H groups in total. The van der Waals surface area contributed by atoms with Gasteiger partial charge in [0.1, 0.15) is 4.83 Å². The maximum atomic E-state index is 12.7. The van der Waals surface area contributed by atoms with Crippen LogP contribution in [-0.4, -0.2) is 34.8 Å². The molecule has 2 rings (SSSR count). The van der Waals surface area contributed by atoms with Gasteiger partial charge in [0.25, 0.3) is 5.56 Å².